The van der Waals surface area contributed by atoms with Crippen molar-refractivity contribution in [3.8, 4) is 5.69 Å². The molecule has 1 heterocycles. The minimum absolute atomic E-state index is 0. The first-order chi connectivity index (χ1) is 10.2. The predicted molar refractivity (Wildman–Crippen MR) is 78.2 cm³/mol. The van der Waals surface area contributed by atoms with E-state index in [0.717, 1.165) is 12.2 Å². The second kappa shape index (κ2) is 7.00. The molecule has 0 aliphatic heterocycles. The van der Waals surface area contributed by atoms with Crippen LogP contribution in [0, 0.1) is 10.1 Å². The summed E-state index contributed by atoms with van der Waals surface area (Å²) in [5.74, 6) is 0. The first kappa shape index (κ1) is 15.9. The SMILES string of the molecule is O=[N+]([O-])c1ccc(-n2cc[n+](Cc3ccccc3)c2)cc1.[Br-]. The fourth-order valence-electron chi connectivity index (χ4n) is 2.18. The molecule has 0 fully saturated rings. The van der Waals surface area contributed by atoms with Crippen LogP contribution in [-0.4, -0.2) is 9.49 Å². The zero-order chi connectivity index (χ0) is 14.7. The van der Waals surface area contributed by atoms with Crippen LogP contribution in [0.4, 0.5) is 5.69 Å². The number of rotatable bonds is 4. The molecule has 22 heavy (non-hydrogen) atoms. The number of hydrogen-bond donors (Lipinski definition) is 0. The third-order valence-corrected chi connectivity index (χ3v) is 3.26. The van der Waals surface area contributed by atoms with Gasteiger partial charge >= 0.3 is 0 Å². The normalized spacial score (nSPS) is 10.0. The van der Waals surface area contributed by atoms with Gasteiger partial charge in [0.2, 0.25) is 6.33 Å². The second-order valence-corrected chi connectivity index (χ2v) is 4.75. The summed E-state index contributed by atoms with van der Waals surface area (Å²) in [6.45, 7) is 0.792. The lowest BCUT2D eigenvalue weighted by Crippen LogP contribution is -3.00. The fraction of sp³-hybridized carbons (Fsp3) is 0.0625. The van der Waals surface area contributed by atoms with Crippen molar-refractivity contribution in [2.45, 2.75) is 6.54 Å². The van der Waals surface area contributed by atoms with E-state index < -0.39 is 4.92 Å². The first-order valence-electron chi connectivity index (χ1n) is 6.58. The third kappa shape index (κ3) is 3.59. The Labute approximate surface area is 138 Å². The van der Waals surface area contributed by atoms with E-state index in [1.54, 1.807) is 12.1 Å². The van der Waals surface area contributed by atoms with E-state index >= 15 is 0 Å². The highest BCUT2D eigenvalue weighted by Gasteiger charge is 2.09. The molecule has 112 valence electrons. The smallest absolute Gasteiger partial charge is 0.269 e. The van der Waals surface area contributed by atoms with Gasteiger partial charge in [-0.05, 0) is 17.7 Å². The van der Waals surface area contributed by atoms with Gasteiger partial charge in [-0.2, -0.15) is 0 Å². The van der Waals surface area contributed by atoms with Crippen LogP contribution in [0.1, 0.15) is 5.56 Å². The van der Waals surface area contributed by atoms with Crippen molar-refractivity contribution in [2.75, 3.05) is 0 Å². The molecule has 0 spiro atoms. The van der Waals surface area contributed by atoms with Gasteiger partial charge in [0, 0.05) is 12.1 Å². The summed E-state index contributed by atoms with van der Waals surface area (Å²) >= 11 is 0. The zero-order valence-corrected chi connectivity index (χ0v) is 13.3. The van der Waals surface area contributed by atoms with Crippen LogP contribution in [0.15, 0.2) is 73.3 Å². The van der Waals surface area contributed by atoms with Crippen LogP contribution >= 0.6 is 0 Å². The number of imidazole rings is 1. The topological polar surface area (TPSA) is 52.0 Å². The molecule has 0 aliphatic rings. The number of non-ortho nitro benzene ring substituents is 1. The van der Waals surface area contributed by atoms with E-state index in [-0.39, 0.29) is 22.7 Å². The second-order valence-electron chi connectivity index (χ2n) is 4.75. The molecule has 1 aromatic heterocycles. The van der Waals surface area contributed by atoms with Crippen LogP contribution < -0.4 is 21.5 Å². The minimum atomic E-state index is -0.394. The van der Waals surface area contributed by atoms with Crippen molar-refractivity contribution < 1.29 is 26.5 Å². The van der Waals surface area contributed by atoms with Crippen LogP contribution in [0.25, 0.3) is 5.69 Å². The van der Waals surface area contributed by atoms with Crippen molar-refractivity contribution in [3.05, 3.63) is 89.0 Å². The van der Waals surface area contributed by atoms with Gasteiger partial charge in [-0.25, -0.2) is 9.13 Å². The number of hydrogen-bond acceptors (Lipinski definition) is 2. The number of halogens is 1. The molecule has 6 heteroatoms. The minimum Gasteiger partial charge on any atom is -1.00 e. The van der Waals surface area contributed by atoms with E-state index in [0.29, 0.717) is 0 Å². The lowest BCUT2D eigenvalue weighted by molar-refractivity contribution is -0.687. The summed E-state index contributed by atoms with van der Waals surface area (Å²) in [7, 11) is 0. The molecule has 5 nitrogen and oxygen atoms in total. The van der Waals surface area contributed by atoms with Gasteiger partial charge in [0.1, 0.15) is 24.6 Å². The summed E-state index contributed by atoms with van der Waals surface area (Å²) in [4.78, 5) is 10.3. The lowest BCUT2D eigenvalue weighted by atomic mass is 10.2. The Kier molecular flexibility index (Phi) is 5.06. The van der Waals surface area contributed by atoms with Crippen LogP contribution in [-0.2, 0) is 6.54 Å². The summed E-state index contributed by atoms with van der Waals surface area (Å²) in [6.07, 6.45) is 5.88. The van der Waals surface area contributed by atoms with Crippen molar-refractivity contribution in [1.82, 2.24) is 4.57 Å². The first-order valence-corrected chi connectivity index (χ1v) is 6.58. The Morgan fingerprint density at radius 3 is 2.36 bits per heavy atom. The Balaban J connectivity index is 0.00000176. The molecule has 2 aromatic carbocycles. The van der Waals surface area contributed by atoms with Gasteiger partial charge in [0.25, 0.3) is 5.69 Å². The van der Waals surface area contributed by atoms with E-state index in [9.17, 15) is 10.1 Å². The number of nitro benzene ring substituents is 1. The van der Waals surface area contributed by atoms with Gasteiger partial charge in [0.05, 0.1) is 4.92 Å². The molecule has 0 aliphatic carbocycles. The van der Waals surface area contributed by atoms with Crippen molar-refractivity contribution in [2.24, 2.45) is 0 Å². The predicted octanol–water partition coefficient (Wildman–Crippen LogP) is -0.275. The molecular weight excluding hydrogens is 346 g/mol. The lowest BCUT2D eigenvalue weighted by Gasteiger charge is -1.97. The molecule has 0 saturated heterocycles. The van der Waals surface area contributed by atoms with Gasteiger partial charge in [-0.1, -0.05) is 30.3 Å². The van der Waals surface area contributed by atoms with Crippen LogP contribution in [0.5, 0.6) is 0 Å². The maximum absolute atomic E-state index is 10.7. The maximum Gasteiger partial charge on any atom is 0.269 e. The molecule has 0 atom stereocenters. The molecule has 0 saturated carbocycles. The third-order valence-electron chi connectivity index (χ3n) is 3.26. The van der Waals surface area contributed by atoms with E-state index in [2.05, 4.69) is 16.7 Å². The van der Waals surface area contributed by atoms with Gasteiger partial charge in [-0.15, -0.1) is 0 Å². The Bertz CT molecular complexity index is 755. The van der Waals surface area contributed by atoms with Crippen molar-refractivity contribution in [3.63, 3.8) is 0 Å². The van der Waals surface area contributed by atoms with Crippen molar-refractivity contribution in [1.29, 1.82) is 0 Å². The molecular formula is C16H14BrN3O2. The largest absolute Gasteiger partial charge is 1.00 e. The molecule has 0 unspecified atom stereocenters. The Hall–Kier alpha value is -2.47. The monoisotopic (exact) mass is 359 g/mol. The molecule has 0 amide bonds. The number of nitrogens with zero attached hydrogens (tertiary/aromatic N) is 3. The van der Waals surface area contributed by atoms with Crippen LogP contribution in [0.2, 0.25) is 0 Å². The molecule has 3 aromatic rings. The maximum atomic E-state index is 10.7. The summed E-state index contributed by atoms with van der Waals surface area (Å²) in [5.41, 5.74) is 2.22. The van der Waals surface area contributed by atoms with Gasteiger partial charge < -0.3 is 17.0 Å². The summed E-state index contributed by atoms with van der Waals surface area (Å²) in [5, 5.41) is 10.7. The highest BCUT2D eigenvalue weighted by atomic mass is 79.9. The average Bonchev–Trinajstić information content (AvgIpc) is 2.97. The average molecular weight is 360 g/mol. The van der Waals surface area contributed by atoms with E-state index in [4.69, 9.17) is 0 Å². The standard InChI is InChI=1S/C16H14N3O2.BrH/c20-19(21)16-8-6-15(7-9-16)18-11-10-17(13-18)12-14-4-2-1-3-5-14;/h1-11,13H,12H2;1H/q+1;/p-1. The Morgan fingerprint density at radius 2 is 1.73 bits per heavy atom. The van der Waals surface area contributed by atoms with Crippen molar-refractivity contribution >= 4 is 5.69 Å². The molecule has 0 radical (unpaired) electrons. The number of benzene rings is 2. The molecule has 0 N–H and O–H groups in total. The van der Waals surface area contributed by atoms with E-state index in [1.807, 2.05) is 41.5 Å². The van der Waals surface area contributed by atoms with Gasteiger partial charge in [-0.3, -0.25) is 10.1 Å². The quantitative estimate of drug-likeness (QED) is 0.365. The highest BCUT2D eigenvalue weighted by Crippen LogP contribution is 2.14. The van der Waals surface area contributed by atoms with Crippen LogP contribution in [0.3, 0.4) is 0 Å². The number of nitro groups is 1. The zero-order valence-electron chi connectivity index (χ0n) is 11.7. The van der Waals surface area contributed by atoms with E-state index in [1.165, 1.54) is 17.7 Å². The summed E-state index contributed by atoms with van der Waals surface area (Å²) < 4.78 is 4.00. The number of aromatic nitrogens is 2. The summed E-state index contributed by atoms with van der Waals surface area (Å²) in [6, 6.07) is 16.7. The highest BCUT2D eigenvalue weighted by molar-refractivity contribution is 5.40. The Morgan fingerprint density at radius 1 is 1.05 bits per heavy atom. The fourth-order valence-corrected chi connectivity index (χ4v) is 2.18. The van der Waals surface area contributed by atoms with Gasteiger partial charge in [0.15, 0.2) is 0 Å². The molecule has 3 rings (SSSR count). The molecule has 0 bridgehead atoms.